The van der Waals surface area contributed by atoms with E-state index in [4.69, 9.17) is 4.74 Å². The minimum atomic E-state index is -0.497. The van der Waals surface area contributed by atoms with Crippen LogP contribution in [0.2, 0.25) is 0 Å². The molecule has 2 saturated carbocycles. The van der Waals surface area contributed by atoms with E-state index in [-0.39, 0.29) is 5.97 Å². The van der Waals surface area contributed by atoms with E-state index in [1.165, 1.54) is 49.7 Å². The number of ether oxygens (including phenoxy) is 1. The van der Waals surface area contributed by atoms with Crippen molar-refractivity contribution in [2.75, 3.05) is 0 Å². The molecular weight excluding hydrogens is 432 g/mol. The molecular formula is C31H42N2O2. The lowest BCUT2D eigenvalue weighted by Gasteiger charge is -2.29. The molecule has 1 N–H and O–H groups in total. The number of carbonyl (C=O) groups is 1. The molecule has 0 bridgehead atoms. The first kappa shape index (κ1) is 25.6. The minimum Gasteiger partial charge on any atom is -0.455 e. The molecule has 35 heavy (non-hydrogen) atoms. The molecule has 1 aromatic carbocycles. The van der Waals surface area contributed by atoms with Crippen LogP contribution in [0.5, 0.6) is 0 Å². The number of pyridine rings is 1. The van der Waals surface area contributed by atoms with E-state index in [2.05, 4.69) is 53.6 Å². The number of rotatable bonds is 9. The van der Waals surface area contributed by atoms with Gasteiger partial charge in [0.25, 0.3) is 0 Å². The summed E-state index contributed by atoms with van der Waals surface area (Å²) in [6.45, 7) is 7.91. The maximum absolute atomic E-state index is 12.2. The van der Waals surface area contributed by atoms with Gasteiger partial charge in [-0.25, -0.2) is 9.78 Å². The molecule has 4 rings (SSSR count). The summed E-state index contributed by atoms with van der Waals surface area (Å²) in [5, 5.41) is 3.98. The molecule has 0 spiro atoms. The molecule has 2 fully saturated rings. The van der Waals surface area contributed by atoms with Crippen LogP contribution in [0.15, 0.2) is 54.2 Å². The standard InChI is InChI=1S/C31H42N2O2/c1-5-25(19-23-9-7-6-8-10-23)27-20-29(27)33-26-16-13-22(14-17-26)11-12-24-15-18-28(32-21-24)30(34)35-31(2,3)4/h6-10,15,18-19,21-22,26-27,29,33H,5,11-14,16-17,20H2,1-4H3/b25-19+/t22?,26?,27-,29+/m0/s1. The lowest BCUT2D eigenvalue weighted by atomic mass is 9.82. The highest BCUT2D eigenvalue weighted by Crippen LogP contribution is 2.41. The summed E-state index contributed by atoms with van der Waals surface area (Å²) >= 11 is 0. The Hall–Kier alpha value is -2.46. The number of hydrogen-bond donors (Lipinski definition) is 1. The molecule has 2 aliphatic carbocycles. The summed E-state index contributed by atoms with van der Waals surface area (Å²) < 4.78 is 5.40. The van der Waals surface area contributed by atoms with Crippen molar-refractivity contribution in [1.29, 1.82) is 0 Å². The molecule has 0 saturated heterocycles. The maximum Gasteiger partial charge on any atom is 0.357 e. The van der Waals surface area contributed by atoms with Crippen LogP contribution in [-0.4, -0.2) is 28.6 Å². The number of nitrogens with zero attached hydrogens (tertiary/aromatic N) is 1. The zero-order chi connectivity index (χ0) is 24.8. The fourth-order valence-electron chi connectivity index (χ4n) is 5.34. The largest absolute Gasteiger partial charge is 0.455 e. The van der Waals surface area contributed by atoms with E-state index < -0.39 is 5.60 Å². The van der Waals surface area contributed by atoms with Gasteiger partial charge in [0.05, 0.1) is 0 Å². The molecule has 188 valence electrons. The molecule has 0 amide bonds. The zero-order valence-electron chi connectivity index (χ0n) is 21.9. The van der Waals surface area contributed by atoms with E-state index in [9.17, 15) is 4.79 Å². The Morgan fingerprint density at radius 1 is 1.09 bits per heavy atom. The molecule has 1 heterocycles. The molecule has 0 unspecified atom stereocenters. The Labute approximate surface area is 211 Å². The van der Waals surface area contributed by atoms with E-state index in [0.717, 1.165) is 18.8 Å². The lowest BCUT2D eigenvalue weighted by Crippen LogP contribution is -2.35. The van der Waals surface area contributed by atoms with Crippen LogP contribution >= 0.6 is 0 Å². The Bertz CT molecular complexity index is 983. The van der Waals surface area contributed by atoms with Crippen LogP contribution in [0, 0.1) is 11.8 Å². The zero-order valence-corrected chi connectivity index (χ0v) is 21.9. The van der Waals surface area contributed by atoms with Crippen LogP contribution in [-0.2, 0) is 11.2 Å². The first-order valence-electron chi connectivity index (χ1n) is 13.5. The van der Waals surface area contributed by atoms with Crippen molar-refractivity contribution in [2.45, 2.75) is 96.7 Å². The minimum absolute atomic E-state index is 0.352. The Morgan fingerprint density at radius 3 is 2.46 bits per heavy atom. The third-order valence-electron chi connectivity index (χ3n) is 7.40. The second-order valence-corrected chi connectivity index (χ2v) is 11.4. The van der Waals surface area contributed by atoms with Crippen molar-refractivity contribution in [2.24, 2.45) is 11.8 Å². The van der Waals surface area contributed by atoms with Gasteiger partial charge in [0, 0.05) is 18.3 Å². The smallest absolute Gasteiger partial charge is 0.357 e. The summed E-state index contributed by atoms with van der Waals surface area (Å²) in [5.74, 6) is 1.15. The van der Waals surface area contributed by atoms with Gasteiger partial charge < -0.3 is 10.1 Å². The van der Waals surface area contributed by atoms with Crippen LogP contribution in [0.1, 0.15) is 94.3 Å². The van der Waals surface area contributed by atoms with Gasteiger partial charge in [0.15, 0.2) is 0 Å². The summed E-state index contributed by atoms with van der Waals surface area (Å²) in [7, 11) is 0. The Balaban J connectivity index is 1.17. The maximum atomic E-state index is 12.2. The number of esters is 1. The van der Waals surface area contributed by atoms with Crippen molar-refractivity contribution in [3.8, 4) is 0 Å². The Kier molecular flexibility index (Phi) is 8.43. The number of aromatic nitrogens is 1. The predicted octanol–water partition coefficient (Wildman–Crippen LogP) is 7.00. The molecule has 4 nitrogen and oxygen atoms in total. The topological polar surface area (TPSA) is 51.2 Å². The fourth-order valence-corrected chi connectivity index (χ4v) is 5.34. The van der Waals surface area contributed by atoms with Crippen molar-refractivity contribution in [3.05, 3.63) is 71.1 Å². The fraction of sp³-hybridized carbons (Fsp3) is 0.548. The van der Waals surface area contributed by atoms with Gasteiger partial charge in [0.2, 0.25) is 0 Å². The van der Waals surface area contributed by atoms with Gasteiger partial charge in [-0.1, -0.05) is 55.0 Å². The van der Waals surface area contributed by atoms with E-state index in [1.54, 1.807) is 11.6 Å². The number of nitrogens with one attached hydrogen (secondary N) is 1. The number of aryl methyl sites for hydroxylation is 1. The monoisotopic (exact) mass is 474 g/mol. The van der Waals surface area contributed by atoms with Gasteiger partial charge >= 0.3 is 5.97 Å². The first-order chi connectivity index (χ1) is 16.8. The third kappa shape index (κ3) is 7.76. The molecule has 2 aliphatic rings. The van der Waals surface area contributed by atoms with E-state index in [1.807, 2.05) is 33.0 Å². The third-order valence-corrected chi connectivity index (χ3v) is 7.40. The van der Waals surface area contributed by atoms with E-state index in [0.29, 0.717) is 23.7 Å². The molecule has 2 aromatic rings. The van der Waals surface area contributed by atoms with Gasteiger partial charge in [-0.05, 0) is 101 Å². The summed E-state index contributed by atoms with van der Waals surface area (Å²) in [6.07, 6.45) is 14.1. The average molecular weight is 475 g/mol. The van der Waals surface area contributed by atoms with Crippen molar-refractivity contribution >= 4 is 12.0 Å². The van der Waals surface area contributed by atoms with Crippen molar-refractivity contribution in [3.63, 3.8) is 0 Å². The summed E-state index contributed by atoms with van der Waals surface area (Å²) in [4.78, 5) is 16.5. The quantitative estimate of drug-likeness (QED) is 0.398. The van der Waals surface area contributed by atoms with Crippen LogP contribution in [0.3, 0.4) is 0 Å². The van der Waals surface area contributed by atoms with Gasteiger partial charge in [-0.15, -0.1) is 0 Å². The number of hydrogen-bond acceptors (Lipinski definition) is 4. The highest BCUT2D eigenvalue weighted by Gasteiger charge is 2.40. The molecule has 2 atom stereocenters. The second-order valence-electron chi connectivity index (χ2n) is 11.4. The van der Waals surface area contributed by atoms with Crippen LogP contribution in [0.25, 0.3) is 6.08 Å². The molecule has 0 radical (unpaired) electrons. The number of carbonyl (C=O) groups excluding carboxylic acids is 1. The number of benzene rings is 1. The van der Waals surface area contributed by atoms with Gasteiger partial charge in [-0.3, -0.25) is 0 Å². The predicted molar refractivity (Wildman–Crippen MR) is 143 cm³/mol. The van der Waals surface area contributed by atoms with Gasteiger partial charge in [0.1, 0.15) is 11.3 Å². The second kappa shape index (κ2) is 11.5. The lowest BCUT2D eigenvalue weighted by molar-refractivity contribution is 0.00628. The molecule has 0 aliphatic heterocycles. The normalized spacial score (nSPS) is 24.7. The van der Waals surface area contributed by atoms with Gasteiger partial charge in [-0.2, -0.15) is 0 Å². The SMILES string of the molecule is CC/C(=C\c1ccccc1)[C@@H]1C[C@H]1NC1CCC(CCc2ccc(C(=O)OC(C)(C)C)nc2)CC1. The first-order valence-corrected chi connectivity index (χ1v) is 13.5. The molecule has 4 heteroatoms. The van der Waals surface area contributed by atoms with Crippen LogP contribution < -0.4 is 5.32 Å². The highest BCUT2D eigenvalue weighted by atomic mass is 16.6. The molecule has 1 aromatic heterocycles. The summed E-state index contributed by atoms with van der Waals surface area (Å²) in [5.41, 5.74) is 4.01. The Morgan fingerprint density at radius 2 is 1.83 bits per heavy atom. The highest BCUT2D eigenvalue weighted by molar-refractivity contribution is 5.87. The van der Waals surface area contributed by atoms with Crippen LogP contribution in [0.4, 0.5) is 0 Å². The van der Waals surface area contributed by atoms with Crippen molar-refractivity contribution < 1.29 is 9.53 Å². The van der Waals surface area contributed by atoms with Crippen molar-refractivity contribution in [1.82, 2.24) is 10.3 Å². The average Bonchev–Trinajstić information content (AvgIpc) is 3.61. The van der Waals surface area contributed by atoms with E-state index >= 15 is 0 Å². The summed E-state index contributed by atoms with van der Waals surface area (Å²) in [6, 6.07) is 15.9.